The monoisotopic (exact) mass is 367 g/mol. The highest BCUT2D eigenvalue weighted by molar-refractivity contribution is 6.34. The van der Waals surface area contributed by atoms with Crippen molar-refractivity contribution >= 4 is 45.1 Å². The first kappa shape index (κ1) is 16.3. The van der Waals surface area contributed by atoms with Crippen LogP contribution in [0.4, 0.5) is 10.1 Å². The van der Waals surface area contributed by atoms with Crippen molar-refractivity contribution in [3.05, 3.63) is 87.3 Å². The number of benzene rings is 3. The molecule has 0 fully saturated rings. The molecule has 0 saturated carbocycles. The van der Waals surface area contributed by atoms with Gasteiger partial charge in [-0.25, -0.2) is 4.39 Å². The van der Waals surface area contributed by atoms with E-state index in [0.717, 1.165) is 6.07 Å². The van der Waals surface area contributed by atoms with Crippen molar-refractivity contribution in [3.8, 4) is 0 Å². The van der Waals surface area contributed by atoms with Crippen LogP contribution in [0.25, 0.3) is 21.9 Å². The maximum Gasteiger partial charge on any atom is 0.255 e. The van der Waals surface area contributed by atoms with Gasteiger partial charge in [-0.3, -0.25) is 9.59 Å². The molecule has 0 atom stereocenters. The maximum atomic E-state index is 13.3. The van der Waals surface area contributed by atoms with Crippen LogP contribution in [0.5, 0.6) is 0 Å². The summed E-state index contributed by atoms with van der Waals surface area (Å²) < 4.78 is 19.0. The average molecular weight is 368 g/mol. The molecule has 4 nitrogen and oxygen atoms in total. The van der Waals surface area contributed by atoms with Crippen LogP contribution in [-0.2, 0) is 0 Å². The molecule has 0 aliphatic rings. The number of rotatable bonds is 2. The molecule has 6 heteroatoms. The lowest BCUT2D eigenvalue weighted by atomic mass is 10.1. The summed E-state index contributed by atoms with van der Waals surface area (Å²) in [6.45, 7) is 0. The number of nitrogens with one attached hydrogen (secondary N) is 1. The Balaban J connectivity index is 1.78. The van der Waals surface area contributed by atoms with E-state index in [4.69, 9.17) is 16.0 Å². The van der Waals surface area contributed by atoms with Crippen LogP contribution in [0.1, 0.15) is 10.4 Å². The summed E-state index contributed by atoms with van der Waals surface area (Å²) in [6.07, 6.45) is 0. The second-order valence-corrected chi connectivity index (χ2v) is 6.13. The molecule has 1 amide bonds. The van der Waals surface area contributed by atoms with Crippen molar-refractivity contribution in [2.24, 2.45) is 0 Å². The smallest absolute Gasteiger partial charge is 0.255 e. The highest BCUT2D eigenvalue weighted by Gasteiger charge is 2.12. The summed E-state index contributed by atoms with van der Waals surface area (Å²) in [5, 5.41) is 3.76. The molecule has 26 heavy (non-hydrogen) atoms. The van der Waals surface area contributed by atoms with E-state index in [1.54, 1.807) is 30.3 Å². The third kappa shape index (κ3) is 2.82. The lowest BCUT2D eigenvalue weighted by Crippen LogP contribution is -2.12. The van der Waals surface area contributed by atoms with E-state index < -0.39 is 11.7 Å². The van der Waals surface area contributed by atoms with Gasteiger partial charge in [-0.05, 0) is 42.5 Å². The zero-order valence-electron chi connectivity index (χ0n) is 13.3. The summed E-state index contributed by atoms with van der Waals surface area (Å²) in [6, 6.07) is 15.0. The Morgan fingerprint density at radius 3 is 2.62 bits per heavy atom. The van der Waals surface area contributed by atoms with Gasteiger partial charge in [0.2, 0.25) is 5.43 Å². The molecule has 1 N–H and O–H groups in total. The third-order valence-corrected chi connectivity index (χ3v) is 4.29. The summed E-state index contributed by atoms with van der Waals surface area (Å²) >= 11 is 6.11. The molecule has 1 heterocycles. The van der Waals surface area contributed by atoms with E-state index in [0.29, 0.717) is 32.6 Å². The first-order chi connectivity index (χ1) is 12.5. The fourth-order valence-electron chi connectivity index (χ4n) is 2.75. The number of para-hydroxylation sites is 1. The normalized spacial score (nSPS) is 11.0. The van der Waals surface area contributed by atoms with Crippen molar-refractivity contribution in [3.63, 3.8) is 0 Å². The predicted octanol–water partition coefficient (Wildman–Crippen LogP) is 4.99. The van der Waals surface area contributed by atoms with E-state index in [2.05, 4.69) is 5.32 Å². The molecule has 0 aliphatic carbocycles. The first-order valence-corrected chi connectivity index (χ1v) is 8.13. The van der Waals surface area contributed by atoms with Gasteiger partial charge in [0.1, 0.15) is 11.4 Å². The van der Waals surface area contributed by atoms with Gasteiger partial charge in [0.15, 0.2) is 5.58 Å². The van der Waals surface area contributed by atoms with E-state index in [1.165, 1.54) is 24.3 Å². The minimum absolute atomic E-state index is 0.188. The molecule has 0 saturated heterocycles. The molecule has 4 aromatic rings. The lowest BCUT2D eigenvalue weighted by molar-refractivity contribution is 0.102. The summed E-state index contributed by atoms with van der Waals surface area (Å²) in [4.78, 5) is 24.8. The third-order valence-electron chi connectivity index (χ3n) is 3.99. The Kier molecular flexibility index (Phi) is 3.93. The van der Waals surface area contributed by atoms with E-state index in [9.17, 15) is 14.0 Å². The van der Waals surface area contributed by atoms with Crippen LogP contribution >= 0.6 is 11.6 Å². The standard InChI is InChI=1S/C20H11ClFNO3/c21-16-6-2-5-15-18(24)14-8-7-13(10-17(14)26-19(15)16)23-20(25)11-3-1-4-12(22)9-11/h1-10H,(H,23,25). The Hall–Kier alpha value is -3.18. The van der Waals surface area contributed by atoms with Gasteiger partial charge >= 0.3 is 0 Å². The predicted molar refractivity (Wildman–Crippen MR) is 99.4 cm³/mol. The quantitative estimate of drug-likeness (QED) is 0.508. The van der Waals surface area contributed by atoms with Crippen molar-refractivity contribution in [1.82, 2.24) is 0 Å². The summed E-state index contributed by atoms with van der Waals surface area (Å²) in [5.74, 6) is -0.965. The molecule has 0 aliphatic heterocycles. The van der Waals surface area contributed by atoms with Gasteiger partial charge in [-0.15, -0.1) is 0 Å². The molecule has 3 aromatic carbocycles. The Morgan fingerprint density at radius 2 is 1.81 bits per heavy atom. The Morgan fingerprint density at radius 1 is 1.00 bits per heavy atom. The van der Waals surface area contributed by atoms with Gasteiger partial charge < -0.3 is 9.73 Å². The second kappa shape index (κ2) is 6.28. The molecule has 128 valence electrons. The highest BCUT2D eigenvalue weighted by Crippen LogP contribution is 2.26. The van der Waals surface area contributed by atoms with Crippen molar-refractivity contribution in [1.29, 1.82) is 0 Å². The number of amides is 1. The molecule has 0 radical (unpaired) electrons. The van der Waals surface area contributed by atoms with Gasteiger partial charge in [-0.2, -0.15) is 0 Å². The fourth-order valence-corrected chi connectivity index (χ4v) is 2.96. The number of fused-ring (bicyclic) bond motifs is 2. The van der Waals surface area contributed by atoms with Gasteiger partial charge in [0.25, 0.3) is 5.91 Å². The number of carbonyl (C=O) groups is 1. The van der Waals surface area contributed by atoms with Crippen LogP contribution < -0.4 is 10.7 Å². The molecular weight excluding hydrogens is 357 g/mol. The number of carbonyl (C=O) groups excluding carboxylic acids is 1. The fraction of sp³-hybridized carbons (Fsp3) is 0. The first-order valence-electron chi connectivity index (χ1n) is 7.75. The highest BCUT2D eigenvalue weighted by atomic mass is 35.5. The van der Waals surface area contributed by atoms with E-state index in [1.807, 2.05) is 0 Å². The van der Waals surface area contributed by atoms with Crippen molar-refractivity contribution in [2.45, 2.75) is 0 Å². The lowest BCUT2D eigenvalue weighted by Gasteiger charge is -2.07. The van der Waals surface area contributed by atoms with Crippen LogP contribution in [0.2, 0.25) is 5.02 Å². The van der Waals surface area contributed by atoms with E-state index >= 15 is 0 Å². The number of hydrogen-bond acceptors (Lipinski definition) is 3. The number of hydrogen-bond donors (Lipinski definition) is 1. The Bertz CT molecular complexity index is 1230. The SMILES string of the molecule is O=C(Nc1ccc2c(=O)c3cccc(Cl)c3oc2c1)c1cccc(F)c1. The second-order valence-electron chi connectivity index (χ2n) is 5.72. The van der Waals surface area contributed by atoms with Gasteiger partial charge in [0.05, 0.1) is 15.8 Å². The number of halogens is 2. The Labute approximate surface area is 151 Å². The average Bonchev–Trinajstić information content (AvgIpc) is 2.63. The van der Waals surface area contributed by atoms with Crippen LogP contribution in [-0.4, -0.2) is 5.91 Å². The van der Waals surface area contributed by atoms with Gasteiger partial charge in [0, 0.05) is 17.3 Å². The molecule has 0 bridgehead atoms. The molecule has 0 spiro atoms. The van der Waals surface area contributed by atoms with Crippen molar-refractivity contribution in [2.75, 3.05) is 5.32 Å². The van der Waals surface area contributed by atoms with Gasteiger partial charge in [-0.1, -0.05) is 23.7 Å². The van der Waals surface area contributed by atoms with Crippen molar-refractivity contribution < 1.29 is 13.6 Å². The largest absolute Gasteiger partial charge is 0.454 e. The zero-order valence-corrected chi connectivity index (χ0v) is 14.0. The molecule has 0 unspecified atom stereocenters. The van der Waals surface area contributed by atoms with Crippen LogP contribution in [0, 0.1) is 5.82 Å². The topological polar surface area (TPSA) is 59.3 Å². The van der Waals surface area contributed by atoms with Crippen LogP contribution in [0.15, 0.2) is 69.9 Å². The molecular formula is C20H11ClFNO3. The number of anilines is 1. The van der Waals surface area contributed by atoms with Crippen LogP contribution in [0.3, 0.4) is 0 Å². The summed E-state index contributed by atoms with van der Waals surface area (Å²) in [5.41, 5.74) is 0.995. The molecule has 4 rings (SSSR count). The zero-order chi connectivity index (χ0) is 18.3. The summed E-state index contributed by atoms with van der Waals surface area (Å²) in [7, 11) is 0. The van der Waals surface area contributed by atoms with E-state index in [-0.39, 0.29) is 11.0 Å². The maximum absolute atomic E-state index is 13.3. The molecule has 1 aromatic heterocycles. The minimum atomic E-state index is -0.497. The minimum Gasteiger partial charge on any atom is -0.454 e.